The molecule has 1 aromatic heterocycles. The van der Waals surface area contributed by atoms with Crippen molar-refractivity contribution in [2.75, 3.05) is 6.54 Å². The van der Waals surface area contributed by atoms with Crippen LogP contribution in [0.4, 0.5) is 0 Å². The fourth-order valence-electron chi connectivity index (χ4n) is 2.62. The maximum atomic E-state index is 13.1. The molecule has 0 saturated carbocycles. The molecule has 0 aliphatic heterocycles. The van der Waals surface area contributed by atoms with Crippen molar-refractivity contribution in [2.24, 2.45) is 0 Å². The summed E-state index contributed by atoms with van der Waals surface area (Å²) in [4.78, 5) is 12.5. The number of hydrogen-bond acceptors (Lipinski definition) is 4. The van der Waals surface area contributed by atoms with Gasteiger partial charge in [0.2, 0.25) is 15.9 Å². The third-order valence-corrected chi connectivity index (χ3v) is 6.50. The summed E-state index contributed by atoms with van der Waals surface area (Å²) in [6.07, 6.45) is 1.50. The number of furan rings is 1. The number of halogens is 2. The van der Waals surface area contributed by atoms with E-state index in [1.165, 1.54) is 24.5 Å². The highest BCUT2D eigenvalue weighted by atomic mass is 35.5. The summed E-state index contributed by atoms with van der Waals surface area (Å²) in [6, 6.07) is 16.1. The van der Waals surface area contributed by atoms with E-state index in [1.807, 2.05) is 0 Å². The lowest BCUT2D eigenvalue weighted by Gasteiger charge is -2.22. The zero-order chi connectivity index (χ0) is 20.9. The summed E-state index contributed by atoms with van der Waals surface area (Å²) in [5.41, 5.74) is 0.536. The molecule has 0 fully saturated rings. The van der Waals surface area contributed by atoms with Gasteiger partial charge >= 0.3 is 0 Å². The lowest BCUT2D eigenvalue weighted by Crippen LogP contribution is -2.40. The number of carbonyl (C=O) groups is 1. The number of amides is 1. The van der Waals surface area contributed by atoms with Gasteiger partial charge in [0.15, 0.2) is 0 Å². The van der Waals surface area contributed by atoms with E-state index in [2.05, 4.69) is 5.32 Å². The molecule has 9 heteroatoms. The van der Waals surface area contributed by atoms with Gasteiger partial charge in [0.05, 0.1) is 24.2 Å². The fraction of sp³-hybridized carbons (Fsp3) is 0.150. The van der Waals surface area contributed by atoms with Crippen molar-refractivity contribution in [1.82, 2.24) is 9.62 Å². The van der Waals surface area contributed by atoms with E-state index < -0.39 is 15.9 Å². The summed E-state index contributed by atoms with van der Waals surface area (Å²) < 4.78 is 32.5. The highest BCUT2D eigenvalue weighted by Gasteiger charge is 2.27. The van der Waals surface area contributed by atoms with Gasteiger partial charge in [-0.15, -0.1) is 0 Å². The molecule has 29 heavy (non-hydrogen) atoms. The van der Waals surface area contributed by atoms with Crippen molar-refractivity contribution in [3.8, 4) is 0 Å². The van der Waals surface area contributed by atoms with Crippen LogP contribution in [0.25, 0.3) is 0 Å². The second-order valence-electron chi connectivity index (χ2n) is 6.18. The van der Waals surface area contributed by atoms with Crippen LogP contribution in [-0.2, 0) is 27.9 Å². The minimum absolute atomic E-state index is 0.0819. The minimum atomic E-state index is -3.94. The van der Waals surface area contributed by atoms with Crippen LogP contribution in [0.1, 0.15) is 11.3 Å². The van der Waals surface area contributed by atoms with Crippen molar-refractivity contribution in [3.63, 3.8) is 0 Å². The summed E-state index contributed by atoms with van der Waals surface area (Å²) in [5.74, 6) is 0.0996. The zero-order valence-corrected chi connectivity index (χ0v) is 17.5. The minimum Gasteiger partial charge on any atom is -0.467 e. The van der Waals surface area contributed by atoms with Crippen LogP contribution in [0.5, 0.6) is 0 Å². The molecule has 2 aromatic carbocycles. The van der Waals surface area contributed by atoms with Crippen molar-refractivity contribution >= 4 is 39.1 Å². The standard InChI is InChI=1S/C20H18Cl2N2O4S/c21-16-9-8-15(19(22)11-16)13-24(29(26,27)18-6-2-1-3-7-18)14-20(25)23-12-17-5-4-10-28-17/h1-11H,12-14H2,(H,23,25). The van der Waals surface area contributed by atoms with Crippen LogP contribution in [0.15, 0.2) is 76.2 Å². The van der Waals surface area contributed by atoms with Gasteiger partial charge in [-0.1, -0.05) is 47.5 Å². The first-order chi connectivity index (χ1) is 13.9. The topological polar surface area (TPSA) is 79.6 Å². The molecule has 1 N–H and O–H groups in total. The Morgan fingerprint density at radius 3 is 2.45 bits per heavy atom. The van der Waals surface area contributed by atoms with Crippen LogP contribution >= 0.6 is 23.2 Å². The molecular formula is C20H18Cl2N2O4S. The number of sulfonamides is 1. The van der Waals surface area contributed by atoms with Crippen LogP contribution in [0.3, 0.4) is 0 Å². The van der Waals surface area contributed by atoms with Gasteiger partial charge in [-0.05, 0) is 42.0 Å². The van der Waals surface area contributed by atoms with Gasteiger partial charge in [0.25, 0.3) is 0 Å². The summed E-state index contributed by atoms with van der Waals surface area (Å²) in [5, 5.41) is 3.41. The van der Waals surface area contributed by atoms with E-state index in [1.54, 1.807) is 42.5 Å². The molecular weight excluding hydrogens is 435 g/mol. The number of nitrogens with one attached hydrogen (secondary N) is 1. The first-order valence-corrected chi connectivity index (χ1v) is 10.8. The molecule has 0 atom stereocenters. The Bertz CT molecular complexity index is 1070. The first kappa shape index (κ1) is 21.4. The zero-order valence-electron chi connectivity index (χ0n) is 15.2. The molecule has 152 valence electrons. The third kappa shape index (κ3) is 5.61. The van der Waals surface area contributed by atoms with Gasteiger partial charge < -0.3 is 9.73 Å². The van der Waals surface area contributed by atoms with Gasteiger partial charge in [-0.25, -0.2) is 8.42 Å². The number of carbonyl (C=O) groups excluding carboxylic acids is 1. The monoisotopic (exact) mass is 452 g/mol. The number of nitrogens with zero attached hydrogens (tertiary/aromatic N) is 1. The van der Waals surface area contributed by atoms with Crippen molar-refractivity contribution in [1.29, 1.82) is 0 Å². The third-order valence-electron chi connectivity index (χ3n) is 4.10. The Kier molecular flexibility index (Phi) is 6.97. The maximum Gasteiger partial charge on any atom is 0.243 e. The molecule has 0 aliphatic rings. The Morgan fingerprint density at radius 2 is 1.79 bits per heavy atom. The largest absolute Gasteiger partial charge is 0.467 e. The molecule has 0 aliphatic carbocycles. The summed E-state index contributed by atoms with van der Waals surface area (Å²) >= 11 is 12.1. The predicted molar refractivity (Wildman–Crippen MR) is 111 cm³/mol. The molecule has 0 radical (unpaired) electrons. The molecule has 0 unspecified atom stereocenters. The van der Waals surface area contributed by atoms with E-state index in [9.17, 15) is 13.2 Å². The van der Waals surface area contributed by atoms with Gasteiger partial charge in [0.1, 0.15) is 5.76 Å². The van der Waals surface area contributed by atoms with Crippen LogP contribution < -0.4 is 5.32 Å². The highest BCUT2D eigenvalue weighted by molar-refractivity contribution is 7.89. The lowest BCUT2D eigenvalue weighted by molar-refractivity contribution is -0.121. The average Bonchev–Trinajstić information content (AvgIpc) is 3.22. The Balaban J connectivity index is 1.83. The van der Waals surface area contributed by atoms with E-state index in [-0.39, 0.29) is 24.5 Å². The van der Waals surface area contributed by atoms with Gasteiger partial charge in [-0.2, -0.15) is 4.31 Å². The van der Waals surface area contributed by atoms with Gasteiger partial charge in [-0.3, -0.25) is 4.79 Å². The van der Waals surface area contributed by atoms with E-state index >= 15 is 0 Å². The molecule has 3 aromatic rings. The Hall–Kier alpha value is -2.32. The molecule has 0 bridgehead atoms. The SMILES string of the molecule is O=C(CN(Cc1ccc(Cl)cc1Cl)S(=O)(=O)c1ccccc1)NCc1ccco1. The number of rotatable bonds is 8. The van der Waals surface area contributed by atoms with E-state index in [4.69, 9.17) is 27.6 Å². The predicted octanol–water partition coefficient (Wildman–Crippen LogP) is 4.09. The average molecular weight is 453 g/mol. The second-order valence-corrected chi connectivity index (χ2v) is 8.96. The quantitative estimate of drug-likeness (QED) is 0.557. The molecule has 6 nitrogen and oxygen atoms in total. The normalized spacial score (nSPS) is 11.6. The second kappa shape index (κ2) is 9.45. The Morgan fingerprint density at radius 1 is 1.03 bits per heavy atom. The Labute approximate surface area is 179 Å². The smallest absolute Gasteiger partial charge is 0.243 e. The van der Waals surface area contributed by atoms with Crippen LogP contribution in [0, 0.1) is 0 Å². The molecule has 1 heterocycles. The molecule has 0 saturated heterocycles. The first-order valence-electron chi connectivity index (χ1n) is 8.64. The van der Waals surface area contributed by atoms with Gasteiger partial charge in [0, 0.05) is 16.6 Å². The number of hydrogen-bond donors (Lipinski definition) is 1. The van der Waals surface area contributed by atoms with E-state index in [0.29, 0.717) is 21.4 Å². The van der Waals surface area contributed by atoms with Crippen LogP contribution in [-0.4, -0.2) is 25.2 Å². The number of benzene rings is 2. The maximum absolute atomic E-state index is 13.1. The van der Waals surface area contributed by atoms with Crippen molar-refractivity contribution in [3.05, 3.63) is 88.3 Å². The fourth-order valence-corrected chi connectivity index (χ4v) is 4.49. The summed E-state index contributed by atoms with van der Waals surface area (Å²) in [7, 11) is -3.94. The molecule has 3 rings (SSSR count). The highest BCUT2D eigenvalue weighted by Crippen LogP contribution is 2.25. The lowest BCUT2D eigenvalue weighted by atomic mass is 10.2. The van der Waals surface area contributed by atoms with Crippen molar-refractivity contribution < 1.29 is 17.6 Å². The molecule has 1 amide bonds. The van der Waals surface area contributed by atoms with Crippen LogP contribution in [0.2, 0.25) is 10.0 Å². The summed E-state index contributed by atoms with van der Waals surface area (Å²) in [6.45, 7) is -0.301. The van der Waals surface area contributed by atoms with E-state index in [0.717, 1.165) is 4.31 Å². The van der Waals surface area contributed by atoms with Crippen molar-refractivity contribution in [2.45, 2.75) is 18.0 Å². The molecule has 0 spiro atoms.